The Morgan fingerprint density at radius 3 is 2.94 bits per heavy atom. The van der Waals surface area contributed by atoms with Gasteiger partial charge in [0.2, 0.25) is 0 Å². The standard InChI is InChI=1S/C16H23NO/c1-12-7-8-16-13(10-12)4-3-9-17(16)14-5-2-6-15(18)11-14/h7-8,10,14-15,18H,2-6,9,11H2,1H3. The Morgan fingerprint density at radius 2 is 2.11 bits per heavy atom. The van der Waals surface area contributed by atoms with Crippen LogP contribution in [0.2, 0.25) is 0 Å². The van der Waals surface area contributed by atoms with Gasteiger partial charge in [-0.1, -0.05) is 17.7 Å². The van der Waals surface area contributed by atoms with Gasteiger partial charge in [-0.3, -0.25) is 0 Å². The van der Waals surface area contributed by atoms with Gasteiger partial charge in [-0.05, 0) is 57.1 Å². The highest BCUT2D eigenvalue weighted by atomic mass is 16.3. The molecule has 1 aliphatic carbocycles. The number of anilines is 1. The van der Waals surface area contributed by atoms with Gasteiger partial charge in [0.05, 0.1) is 6.10 Å². The predicted octanol–water partition coefficient (Wildman–Crippen LogP) is 3.05. The Labute approximate surface area is 110 Å². The number of nitrogens with zero attached hydrogens (tertiary/aromatic N) is 1. The van der Waals surface area contributed by atoms with E-state index in [9.17, 15) is 5.11 Å². The van der Waals surface area contributed by atoms with Gasteiger partial charge in [0, 0.05) is 18.3 Å². The van der Waals surface area contributed by atoms with Crippen LogP contribution in [0.15, 0.2) is 18.2 Å². The molecule has 1 aliphatic heterocycles. The zero-order valence-corrected chi connectivity index (χ0v) is 11.2. The van der Waals surface area contributed by atoms with E-state index in [1.54, 1.807) is 0 Å². The lowest BCUT2D eigenvalue weighted by molar-refractivity contribution is 0.118. The molecule has 0 radical (unpaired) electrons. The minimum Gasteiger partial charge on any atom is -0.393 e. The summed E-state index contributed by atoms with van der Waals surface area (Å²) in [4.78, 5) is 2.56. The van der Waals surface area contributed by atoms with Crippen molar-refractivity contribution in [2.75, 3.05) is 11.4 Å². The zero-order valence-electron chi connectivity index (χ0n) is 11.2. The zero-order chi connectivity index (χ0) is 12.5. The Kier molecular flexibility index (Phi) is 3.29. The molecular formula is C16H23NO. The summed E-state index contributed by atoms with van der Waals surface area (Å²) >= 11 is 0. The van der Waals surface area contributed by atoms with Gasteiger partial charge in [0.15, 0.2) is 0 Å². The fraction of sp³-hybridized carbons (Fsp3) is 0.625. The predicted molar refractivity (Wildman–Crippen MR) is 75.1 cm³/mol. The molecular weight excluding hydrogens is 222 g/mol. The number of aliphatic hydroxyl groups is 1. The molecule has 1 fully saturated rings. The van der Waals surface area contributed by atoms with Crippen LogP contribution < -0.4 is 4.90 Å². The van der Waals surface area contributed by atoms with Crippen molar-refractivity contribution in [2.24, 2.45) is 0 Å². The number of aryl methyl sites for hydroxylation is 2. The first-order chi connectivity index (χ1) is 8.74. The van der Waals surface area contributed by atoms with Crippen LogP contribution in [-0.4, -0.2) is 23.8 Å². The number of rotatable bonds is 1. The van der Waals surface area contributed by atoms with Gasteiger partial charge in [-0.25, -0.2) is 0 Å². The molecule has 0 saturated heterocycles. The SMILES string of the molecule is Cc1ccc2c(c1)CCCN2C1CCCC(O)C1. The normalized spacial score (nSPS) is 28.0. The van der Waals surface area contributed by atoms with Crippen LogP contribution in [0, 0.1) is 6.92 Å². The number of aliphatic hydroxyl groups excluding tert-OH is 1. The first-order valence-electron chi connectivity index (χ1n) is 7.28. The molecule has 2 aliphatic rings. The highest BCUT2D eigenvalue weighted by molar-refractivity contribution is 5.57. The maximum atomic E-state index is 9.88. The molecule has 1 saturated carbocycles. The van der Waals surface area contributed by atoms with Crippen LogP contribution in [-0.2, 0) is 6.42 Å². The second-order valence-corrected chi connectivity index (χ2v) is 5.90. The molecule has 98 valence electrons. The Hall–Kier alpha value is -1.02. The quantitative estimate of drug-likeness (QED) is 0.822. The summed E-state index contributed by atoms with van der Waals surface area (Å²) in [6, 6.07) is 7.39. The van der Waals surface area contributed by atoms with Gasteiger partial charge in [0.1, 0.15) is 0 Å². The van der Waals surface area contributed by atoms with Crippen LogP contribution in [0.5, 0.6) is 0 Å². The van der Waals surface area contributed by atoms with Crippen molar-refractivity contribution in [3.8, 4) is 0 Å². The van der Waals surface area contributed by atoms with Gasteiger partial charge >= 0.3 is 0 Å². The molecule has 1 aromatic carbocycles. The maximum Gasteiger partial charge on any atom is 0.0559 e. The van der Waals surface area contributed by atoms with Gasteiger partial charge in [0.25, 0.3) is 0 Å². The molecule has 2 heteroatoms. The molecule has 1 aromatic rings. The van der Waals surface area contributed by atoms with Crippen molar-refractivity contribution < 1.29 is 5.11 Å². The molecule has 0 bridgehead atoms. The Balaban J connectivity index is 1.86. The monoisotopic (exact) mass is 245 g/mol. The fourth-order valence-corrected chi connectivity index (χ4v) is 3.56. The van der Waals surface area contributed by atoms with Crippen molar-refractivity contribution in [1.29, 1.82) is 0 Å². The van der Waals surface area contributed by atoms with E-state index in [0.29, 0.717) is 6.04 Å². The average Bonchev–Trinajstić information content (AvgIpc) is 2.37. The summed E-state index contributed by atoms with van der Waals surface area (Å²) in [6.07, 6.45) is 6.73. The third-order valence-electron chi connectivity index (χ3n) is 4.45. The lowest BCUT2D eigenvalue weighted by Crippen LogP contribution is -2.43. The molecule has 1 N–H and O–H groups in total. The number of hydrogen-bond acceptors (Lipinski definition) is 2. The van der Waals surface area contributed by atoms with E-state index in [1.165, 1.54) is 42.5 Å². The summed E-state index contributed by atoms with van der Waals surface area (Å²) in [5.74, 6) is 0. The molecule has 0 amide bonds. The van der Waals surface area contributed by atoms with Gasteiger partial charge < -0.3 is 10.0 Å². The highest BCUT2D eigenvalue weighted by Crippen LogP contribution is 2.34. The summed E-state index contributed by atoms with van der Waals surface area (Å²) in [7, 11) is 0. The van der Waals surface area contributed by atoms with Crippen LogP contribution >= 0.6 is 0 Å². The van der Waals surface area contributed by atoms with E-state index in [-0.39, 0.29) is 6.10 Å². The van der Waals surface area contributed by atoms with Gasteiger partial charge in [-0.15, -0.1) is 0 Å². The molecule has 2 unspecified atom stereocenters. The van der Waals surface area contributed by atoms with Crippen molar-refractivity contribution in [3.63, 3.8) is 0 Å². The Morgan fingerprint density at radius 1 is 1.22 bits per heavy atom. The van der Waals surface area contributed by atoms with Crippen LogP contribution in [0.25, 0.3) is 0 Å². The van der Waals surface area contributed by atoms with Crippen LogP contribution in [0.4, 0.5) is 5.69 Å². The van der Waals surface area contributed by atoms with Crippen molar-refractivity contribution in [3.05, 3.63) is 29.3 Å². The third kappa shape index (κ3) is 2.26. The van der Waals surface area contributed by atoms with E-state index < -0.39 is 0 Å². The number of benzene rings is 1. The van der Waals surface area contributed by atoms with Crippen LogP contribution in [0.1, 0.15) is 43.2 Å². The topological polar surface area (TPSA) is 23.5 Å². The summed E-state index contributed by atoms with van der Waals surface area (Å²) in [6.45, 7) is 3.33. The summed E-state index contributed by atoms with van der Waals surface area (Å²) in [5.41, 5.74) is 4.28. The van der Waals surface area contributed by atoms with E-state index in [4.69, 9.17) is 0 Å². The molecule has 2 nitrogen and oxygen atoms in total. The first-order valence-corrected chi connectivity index (χ1v) is 7.28. The summed E-state index contributed by atoms with van der Waals surface area (Å²) in [5, 5.41) is 9.88. The Bertz CT molecular complexity index is 429. The first kappa shape index (κ1) is 12.0. The van der Waals surface area contributed by atoms with E-state index in [2.05, 4.69) is 30.0 Å². The highest BCUT2D eigenvalue weighted by Gasteiger charge is 2.28. The van der Waals surface area contributed by atoms with Crippen LogP contribution in [0.3, 0.4) is 0 Å². The second-order valence-electron chi connectivity index (χ2n) is 5.90. The lowest BCUT2D eigenvalue weighted by atomic mass is 9.89. The molecule has 0 aromatic heterocycles. The largest absolute Gasteiger partial charge is 0.393 e. The number of fused-ring (bicyclic) bond motifs is 1. The average molecular weight is 245 g/mol. The maximum absolute atomic E-state index is 9.88. The van der Waals surface area contributed by atoms with E-state index in [1.807, 2.05) is 0 Å². The summed E-state index contributed by atoms with van der Waals surface area (Å²) < 4.78 is 0. The smallest absolute Gasteiger partial charge is 0.0559 e. The molecule has 1 heterocycles. The van der Waals surface area contributed by atoms with E-state index in [0.717, 1.165) is 19.4 Å². The lowest BCUT2D eigenvalue weighted by Gasteiger charge is -2.41. The fourth-order valence-electron chi connectivity index (χ4n) is 3.56. The second kappa shape index (κ2) is 4.93. The minimum atomic E-state index is -0.0837. The van der Waals surface area contributed by atoms with Crippen molar-refractivity contribution in [2.45, 2.75) is 57.6 Å². The number of hydrogen-bond donors (Lipinski definition) is 1. The molecule has 18 heavy (non-hydrogen) atoms. The van der Waals surface area contributed by atoms with E-state index >= 15 is 0 Å². The minimum absolute atomic E-state index is 0.0837. The molecule has 3 rings (SSSR count). The van der Waals surface area contributed by atoms with Crippen molar-refractivity contribution >= 4 is 5.69 Å². The molecule has 0 spiro atoms. The van der Waals surface area contributed by atoms with Crippen molar-refractivity contribution in [1.82, 2.24) is 0 Å². The third-order valence-corrected chi connectivity index (χ3v) is 4.45. The molecule has 2 atom stereocenters. The van der Waals surface area contributed by atoms with Gasteiger partial charge in [-0.2, -0.15) is 0 Å².